The number of likely N-dealkylation sites (tertiary alicyclic amines) is 1. The molecule has 1 N–H and O–H groups in total. The SMILES string of the molecule is Cc1ccc(CN2CC(C(=O)NCc3ccnc(C)n3)CC2=O)cc1. The van der Waals surface area contributed by atoms with Crippen LogP contribution in [0.3, 0.4) is 0 Å². The van der Waals surface area contributed by atoms with Crippen LogP contribution in [0.5, 0.6) is 0 Å². The van der Waals surface area contributed by atoms with E-state index in [1.165, 1.54) is 5.56 Å². The van der Waals surface area contributed by atoms with E-state index in [0.717, 1.165) is 11.3 Å². The predicted molar refractivity (Wildman–Crippen MR) is 93.3 cm³/mol. The Labute approximate surface area is 147 Å². The first-order valence-corrected chi connectivity index (χ1v) is 8.41. The maximum atomic E-state index is 12.4. The summed E-state index contributed by atoms with van der Waals surface area (Å²) >= 11 is 0. The minimum Gasteiger partial charge on any atom is -0.350 e. The highest BCUT2D eigenvalue weighted by Crippen LogP contribution is 2.20. The van der Waals surface area contributed by atoms with E-state index in [9.17, 15) is 9.59 Å². The van der Waals surface area contributed by atoms with Crippen molar-refractivity contribution in [1.82, 2.24) is 20.2 Å². The third-order valence-corrected chi connectivity index (χ3v) is 4.36. The molecule has 0 aliphatic carbocycles. The normalized spacial score (nSPS) is 17.0. The molecule has 1 aromatic carbocycles. The number of carbonyl (C=O) groups is 2. The third-order valence-electron chi connectivity index (χ3n) is 4.36. The van der Waals surface area contributed by atoms with Crippen LogP contribution in [-0.4, -0.2) is 33.2 Å². The molecule has 3 rings (SSSR count). The lowest BCUT2D eigenvalue weighted by Crippen LogP contribution is -2.32. The van der Waals surface area contributed by atoms with E-state index in [1.807, 2.05) is 38.1 Å². The summed E-state index contributed by atoms with van der Waals surface area (Å²) in [5, 5.41) is 2.87. The van der Waals surface area contributed by atoms with Crippen molar-refractivity contribution in [2.24, 2.45) is 5.92 Å². The number of hydrogen-bond donors (Lipinski definition) is 1. The van der Waals surface area contributed by atoms with Crippen molar-refractivity contribution in [3.63, 3.8) is 0 Å². The molecule has 2 amide bonds. The molecule has 0 bridgehead atoms. The van der Waals surface area contributed by atoms with Crippen molar-refractivity contribution < 1.29 is 9.59 Å². The highest BCUT2D eigenvalue weighted by molar-refractivity contribution is 5.89. The van der Waals surface area contributed by atoms with Gasteiger partial charge >= 0.3 is 0 Å². The number of benzene rings is 1. The molecule has 2 heterocycles. The van der Waals surface area contributed by atoms with Crippen LogP contribution in [-0.2, 0) is 22.7 Å². The molecule has 0 saturated carbocycles. The van der Waals surface area contributed by atoms with E-state index in [2.05, 4.69) is 15.3 Å². The van der Waals surface area contributed by atoms with Crippen LogP contribution in [0.25, 0.3) is 0 Å². The molecule has 1 aromatic heterocycles. The third kappa shape index (κ3) is 4.41. The number of aromatic nitrogens is 2. The fraction of sp³-hybridized carbons (Fsp3) is 0.368. The van der Waals surface area contributed by atoms with Gasteiger partial charge in [0, 0.05) is 25.7 Å². The van der Waals surface area contributed by atoms with Gasteiger partial charge in [-0.3, -0.25) is 9.59 Å². The van der Waals surface area contributed by atoms with Crippen molar-refractivity contribution in [2.75, 3.05) is 6.54 Å². The van der Waals surface area contributed by atoms with Gasteiger partial charge in [-0.1, -0.05) is 29.8 Å². The van der Waals surface area contributed by atoms with Gasteiger partial charge in [-0.05, 0) is 25.5 Å². The Morgan fingerprint density at radius 3 is 2.72 bits per heavy atom. The summed E-state index contributed by atoms with van der Waals surface area (Å²) in [5.41, 5.74) is 3.03. The molecule has 6 nitrogen and oxygen atoms in total. The first kappa shape index (κ1) is 17.1. The van der Waals surface area contributed by atoms with Crippen molar-refractivity contribution in [3.05, 3.63) is 59.2 Å². The topological polar surface area (TPSA) is 75.2 Å². The summed E-state index contributed by atoms with van der Waals surface area (Å²) in [4.78, 5) is 34.6. The van der Waals surface area contributed by atoms with Crippen molar-refractivity contribution in [2.45, 2.75) is 33.4 Å². The molecule has 1 aliphatic rings. The average molecular weight is 338 g/mol. The Morgan fingerprint density at radius 2 is 2.00 bits per heavy atom. The van der Waals surface area contributed by atoms with Crippen LogP contribution in [0.15, 0.2) is 36.5 Å². The zero-order chi connectivity index (χ0) is 17.8. The monoisotopic (exact) mass is 338 g/mol. The fourth-order valence-electron chi connectivity index (χ4n) is 2.94. The first-order valence-electron chi connectivity index (χ1n) is 8.41. The molecule has 2 aromatic rings. The maximum absolute atomic E-state index is 12.4. The number of amides is 2. The van der Waals surface area contributed by atoms with Gasteiger partial charge in [0.1, 0.15) is 5.82 Å². The summed E-state index contributed by atoms with van der Waals surface area (Å²) in [5.74, 6) is 0.294. The second-order valence-corrected chi connectivity index (χ2v) is 6.47. The van der Waals surface area contributed by atoms with E-state index in [4.69, 9.17) is 0 Å². The lowest BCUT2D eigenvalue weighted by atomic mass is 10.1. The van der Waals surface area contributed by atoms with Crippen LogP contribution in [0, 0.1) is 19.8 Å². The minimum atomic E-state index is -0.305. The van der Waals surface area contributed by atoms with Crippen molar-refractivity contribution in [3.8, 4) is 0 Å². The highest BCUT2D eigenvalue weighted by Gasteiger charge is 2.34. The quantitative estimate of drug-likeness (QED) is 0.901. The van der Waals surface area contributed by atoms with E-state index in [0.29, 0.717) is 25.5 Å². The summed E-state index contributed by atoms with van der Waals surface area (Å²) < 4.78 is 0. The van der Waals surface area contributed by atoms with E-state index < -0.39 is 0 Å². The van der Waals surface area contributed by atoms with Gasteiger partial charge in [0.2, 0.25) is 11.8 Å². The van der Waals surface area contributed by atoms with Crippen LogP contribution in [0.4, 0.5) is 0 Å². The van der Waals surface area contributed by atoms with Gasteiger partial charge < -0.3 is 10.2 Å². The predicted octanol–water partition coefficient (Wildman–Crippen LogP) is 1.76. The summed E-state index contributed by atoms with van der Waals surface area (Å²) in [6, 6.07) is 9.88. The fourth-order valence-corrected chi connectivity index (χ4v) is 2.94. The first-order chi connectivity index (χ1) is 12.0. The second-order valence-electron chi connectivity index (χ2n) is 6.47. The standard InChI is InChI=1S/C19H22N4O2/c1-13-3-5-15(6-4-13)11-23-12-16(9-18(23)24)19(25)21-10-17-7-8-20-14(2)22-17/h3-8,16H,9-12H2,1-2H3,(H,21,25). The molecule has 1 saturated heterocycles. The number of nitrogens with one attached hydrogen (secondary N) is 1. The zero-order valence-electron chi connectivity index (χ0n) is 14.5. The van der Waals surface area contributed by atoms with Crippen molar-refractivity contribution >= 4 is 11.8 Å². The Hall–Kier alpha value is -2.76. The molecule has 1 unspecified atom stereocenters. The Morgan fingerprint density at radius 1 is 1.24 bits per heavy atom. The Kier molecular flexibility index (Phi) is 5.07. The van der Waals surface area contributed by atoms with Crippen LogP contribution >= 0.6 is 0 Å². The molecule has 25 heavy (non-hydrogen) atoms. The lowest BCUT2D eigenvalue weighted by molar-refractivity contribution is -0.129. The van der Waals surface area contributed by atoms with Gasteiger partial charge in [-0.25, -0.2) is 9.97 Å². The van der Waals surface area contributed by atoms with Crippen LogP contribution < -0.4 is 5.32 Å². The minimum absolute atomic E-state index is 0.0265. The van der Waals surface area contributed by atoms with Crippen molar-refractivity contribution in [1.29, 1.82) is 0 Å². The molecule has 6 heteroatoms. The van der Waals surface area contributed by atoms with Crippen LogP contribution in [0.2, 0.25) is 0 Å². The molecule has 130 valence electrons. The second kappa shape index (κ2) is 7.42. The molecule has 1 aliphatic heterocycles. The van der Waals surface area contributed by atoms with Gasteiger partial charge in [0.25, 0.3) is 0 Å². The zero-order valence-corrected chi connectivity index (χ0v) is 14.5. The summed E-state index contributed by atoms with van der Waals surface area (Å²) in [6.07, 6.45) is 1.94. The number of aryl methyl sites for hydroxylation is 2. The average Bonchev–Trinajstić information content (AvgIpc) is 2.96. The smallest absolute Gasteiger partial charge is 0.225 e. The molecular formula is C19H22N4O2. The van der Waals surface area contributed by atoms with E-state index >= 15 is 0 Å². The highest BCUT2D eigenvalue weighted by atomic mass is 16.2. The molecular weight excluding hydrogens is 316 g/mol. The van der Waals surface area contributed by atoms with Gasteiger partial charge in [0.05, 0.1) is 18.2 Å². The Balaban J connectivity index is 1.54. The van der Waals surface area contributed by atoms with Gasteiger partial charge in [-0.2, -0.15) is 0 Å². The lowest BCUT2D eigenvalue weighted by Gasteiger charge is -2.17. The Bertz CT molecular complexity index is 773. The maximum Gasteiger partial charge on any atom is 0.225 e. The van der Waals surface area contributed by atoms with Gasteiger partial charge in [0.15, 0.2) is 0 Å². The van der Waals surface area contributed by atoms with Crippen LogP contribution in [0.1, 0.15) is 29.1 Å². The molecule has 0 radical (unpaired) electrons. The van der Waals surface area contributed by atoms with E-state index in [-0.39, 0.29) is 24.2 Å². The molecule has 1 atom stereocenters. The van der Waals surface area contributed by atoms with E-state index in [1.54, 1.807) is 17.2 Å². The number of rotatable bonds is 5. The van der Waals surface area contributed by atoms with Gasteiger partial charge in [-0.15, -0.1) is 0 Å². The number of nitrogens with zero attached hydrogens (tertiary/aromatic N) is 3. The molecule has 0 spiro atoms. The largest absolute Gasteiger partial charge is 0.350 e. The summed E-state index contributed by atoms with van der Waals surface area (Å²) in [7, 11) is 0. The number of carbonyl (C=O) groups excluding carboxylic acids is 2. The molecule has 1 fully saturated rings. The summed E-state index contributed by atoms with van der Waals surface area (Å²) in [6.45, 7) is 5.20. The number of hydrogen-bond acceptors (Lipinski definition) is 4.